The van der Waals surface area contributed by atoms with Gasteiger partial charge in [0, 0.05) is 6.20 Å². The second-order valence-electron chi connectivity index (χ2n) is 6.55. The van der Waals surface area contributed by atoms with E-state index in [1.807, 2.05) is 0 Å². The summed E-state index contributed by atoms with van der Waals surface area (Å²) in [6.07, 6.45) is -7.41. The van der Waals surface area contributed by atoms with E-state index in [4.69, 9.17) is 4.74 Å². The van der Waals surface area contributed by atoms with Gasteiger partial charge >= 0.3 is 12.4 Å². The monoisotopic (exact) mass is 458 g/mol. The quantitative estimate of drug-likeness (QED) is 0.530. The SMILES string of the molecule is CCOc1ccc(C(F)(F)F)cc1NC(=O)c1cnn(-c2ccc(C(F)(F)F)cn2)c1C. The highest BCUT2D eigenvalue weighted by molar-refractivity contribution is 6.05. The minimum atomic E-state index is -4.63. The van der Waals surface area contributed by atoms with Crippen molar-refractivity contribution in [2.24, 2.45) is 0 Å². The van der Waals surface area contributed by atoms with E-state index in [9.17, 15) is 31.1 Å². The van der Waals surface area contributed by atoms with Crippen LogP contribution in [0, 0.1) is 6.92 Å². The van der Waals surface area contributed by atoms with Gasteiger partial charge in [-0.25, -0.2) is 9.67 Å². The molecule has 12 heteroatoms. The van der Waals surface area contributed by atoms with Gasteiger partial charge in [0.15, 0.2) is 5.82 Å². The van der Waals surface area contributed by atoms with Crippen LogP contribution in [-0.4, -0.2) is 27.3 Å². The van der Waals surface area contributed by atoms with Crippen molar-refractivity contribution in [2.75, 3.05) is 11.9 Å². The van der Waals surface area contributed by atoms with Crippen LogP contribution in [0.5, 0.6) is 5.75 Å². The number of aromatic nitrogens is 3. The molecule has 170 valence electrons. The normalized spacial score (nSPS) is 12.0. The van der Waals surface area contributed by atoms with Gasteiger partial charge in [0.25, 0.3) is 5.91 Å². The van der Waals surface area contributed by atoms with Gasteiger partial charge in [0.2, 0.25) is 0 Å². The fourth-order valence-electron chi connectivity index (χ4n) is 2.82. The number of rotatable bonds is 5. The average Bonchev–Trinajstić information content (AvgIpc) is 3.09. The summed E-state index contributed by atoms with van der Waals surface area (Å²) in [5.74, 6) is -0.701. The number of hydrogen-bond acceptors (Lipinski definition) is 4. The second kappa shape index (κ2) is 8.52. The molecule has 0 unspecified atom stereocenters. The minimum Gasteiger partial charge on any atom is -0.492 e. The Morgan fingerprint density at radius 1 is 1.03 bits per heavy atom. The van der Waals surface area contributed by atoms with Gasteiger partial charge in [-0.3, -0.25) is 4.79 Å². The molecule has 0 spiro atoms. The predicted molar refractivity (Wildman–Crippen MR) is 102 cm³/mol. The van der Waals surface area contributed by atoms with Gasteiger partial charge < -0.3 is 10.1 Å². The van der Waals surface area contributed by atoms with Gasteiger partial charge in [0.05, 0.1) is 40.9 Å². The Balaban J connectivity index is 1.89. The van der Waals surface area contributed by atoms with E-state index in [2.05, 4.69) is 15.4 Å². The first-order valence-electron chi connectivity index (χ1n) is 9.15. The third-order valence-electron chi connectivity index (χ3n) is 4.40. The first-order valence-corrected chi connectivity index (χ1v) is 9.15. The molecule has 0 bridgehead atoms. The molecule has 2 aromatic heterocycles. The molecule has 3 aromatic rings. The first-order chi connectivity index (χ1) is 14.9. The zero-order valence-corrected chi connectivity index (χ0v) is 16.7. The zero-order chi connectivity index (χ0) is 23.7. The third-order valence-corrected chi connectivity index (χ3v) is 4.40. The van der Waals surface area contributed by atoms with Crippen LogP contribution in [0.15, 0.2) is 42.7 Å². The summed E-state index contributed by atoms with van der Waals surface area (Å²) in [6.45, 7) is 3.26. The van der Waals surface area contributed by atoms with E-state index in [-0.39, 0.29) is 35.1 Å². The van der Waals surface area contributed by atoms with Crippen LogP contribution in [0.2, 0.25) is 0 Å². The number of pyridine rings is 1. The lowest BCUT2D eigenvalue weighted by Gasteiger charge is -2.14. The van der Waals surface area contributed by atoms with Gasteiger partial charge in [-0.2, -0.15) is 31.4 Å². The Morgan fingerprint density at radius 2 is 1.69 bits per heavy atom. The highest BCUT2D eigenvalue weighted by atomic mass is 19.4. The predicted octanol–water partition coefficient (Wildman–Crippen LogP) is 5.26. The number of hydrogen-bond donors (Lipinski definition) is 1. The van der Waals surface area contributed by atoms with Crippen LogP contribution in [0.3, 0.4) is 0 Å². The van der Waals surface area contributed by atoms with Gasteiger partial charge in [-0.15, -0.1) is 0 Å². The number of nitrogens with one attached hydrogen (secondary N) is 1. The molecule has 0 aliphatic rings. The molecule has 0 radical (unpaired) electrons. The Kier molecular flexibility index (Phi) is 6.15. The lowest BCUT2D eigenvalue weighted by Crippen LogP contribution is -2.15. The maximum absolute atomic E-state index is 13.1. The molecular formula is C20H16F6N4O2. The molecule has 0 atom stereocenters. The average molecular weight is 458 g/mol. The Labute approximate surface area is 177 Å². The molecule has 0 aliphatic carbocycles. The molecule has 0 saturated carbocycles. The summed E-state index contributed by atoms with van der Waals surface area (Å²) < 4.78 is 83.7. The Morgan fingerprint density at radius 3 is 2.25 bits per heavy atom. The van der Waals surface area contributed by atoms with Crippen LogP contribution in [-0.2, 0) is 12.4 Å². The summed E-state index contributed by atoms with van der Waals surface area (Å²) in [4.78, 5) is 16.4. The number of benzene rings is 1. The fourth-order valence-corrected chi connectivity index (χ4v) is 2.82. The van der Waals surface area contributed by atoms with E-state index in [0.29, 0.717) is 6.20 Å². The molecule has 2 heterocycles. The number of nitrogens with zero attached hydrogens (tertiary/aromatic N) is 3. The van der Waals surface area contributed by atoms with Crippen molar-refractivity contribution >= 4 is 11.6 Å². The molecule has 3 rings (SSSR count). The van der Waals surface area contributed by atoms with Crippen LogP contribution in [0.4, 0.5) is 32.0 Å². The van der Waals surface area contributed by atoms with Crippen molar-refractivity contribution in [2.45, 2.75) is 26.2 Å². The number of halogens is 6. The highest BCUT2D eigenvalue weighted by Crippen LogP contribution is 2.35. The molecule has 1 aromatic carbocycles. The van der Waals surface area contributed by atoms with E-state index in [1.54, 1.807) is 6.92 Å². The number of amides is 1. The van der Waals surface area contributed by atoms with Gasteiger partial charge in [-0.1, -0.05) is 0 Å². The number of ether oxygens (including phenoxy) is 1. The summed E-state index contributed by atoms with van der Waals surface area (Å²) in [7, 11) is 0. The van der Waals surface area contributed by atoms with Crippen molar-refractivity contribution in [1.82, 2.24) is 14.8 Å². The standard InChI is InChI=1S/C20H16F6N4O2/c1-3-32-16-6-4-12(19(21,22)23)8-15(16)29-18(31)14-10-28-30(11(14)2)17-7-5-13(9-27-17)20(24,25)26/h4-10H,3H2,1-2H3,(H,29,31). The fraction of sp³-hybridized carbons (Fsp3) is 0.250. The van der Waals surface area contributed by atoms with Crippen molar-refractivity contribution < 1.29 is 35.9 Å². The lowest BCUT2D eigenvalue weighted by molar-refractivity contribution is -0.138. The molecule has 0 aliphatic heterocycles. The van der Waals surface area contributed by atoms with E-state index in [1.165, 1.54) is 6.92 Å². The smallest absolute Gasteiger partial charge is 0.417 e. The van der Waals surface area contributed by atoms with Crippen LogP contribution in [0.25, 0.3) is 5.82 Å². The summed E-state index contributed by atoms with van der Waals surface area (Å²) in [5, 5.41) is 6.33. The molecule has 32 heavy (non-hydrogen) atoms. The van der Waals surface area contributed by atoms with Crippen LogP contribution >= 0.6 is 0 Å². The molecule has 1 N–H and O–H groups in total. The van der Waals surface area contributed by atoms with Crippen molar-refractivity contribution in [3.63, 3.8) is 0 Å². The molecule has 6 nitrogen and oxygen atoms in total. The number of anilines is 1. The third kappa shape index (κ3) is 4.84. The van der Waals surface area contributed by atoms with Crippen LogP contribution in [0.1, 0.15) is 34.1 Å². The largest absolute Gasteiger partial charge is 0.492 e. The number of carbonyl (C=O) groups excluding carboxylic acids is 1. The molecule has 0 saturated heterocycles. The molecule has 0 fully saturated rings. The molecule has 1 amide bonds. The van der Waals surface area contributed by atoms with Gasteiger partial charge in [-0.05, 0) is 44.2 Å². The number of carbonyl (C=O) groups is 1. The minimum absolute atomic E-state index is 0.00782. The first kappa shape index (κ1) is 23.1. The maximum atomic E-state index is 13.1. The Bertz CT molecular complexity index is 1120. The van der Waals surface area contributed by atoms with E-state index < -0.39 is 29.4 Å². The molecular weight excluding hydrogens is 442 g/mol. The second-order valence-corrected chi connectivity index (χ2v) is 6.55. The summed E-state index contributed by atoms with van der Waals surface area (Å²) in [6, 6.07) is 4.59. The summed E-state index contributed by atoms with van der Waals surface area (Å²) >= 11 is 0. The maximum Gasteiger partial charge on any atom is 0.417 e. The van der Waals surface area contributed by atoms with Crippen molar-refractivity contribution in [3.05, 3.63) is 65.1 Å². The lowest BCUT2D eigenvalue weighted by atomic mass is 10.1. The summed E-state index contributed by atoms with van der Waals surface area (Å²) in [5.41, 5.74) is -1.90. The van der Waals surface area contributed by atoms with Gasteiger partial charge in [0.1, 0.15) is 5.75 Å². The van der Waals surface area contributed by atoms with Crippen molar-refractivity contribution in [1.29, 1.82) is 0 Å². The van der Waals surface area contributed by atoms with E-state index in [0.717, 1.165) is 41.2 Å². The zero-order valence-electron chi connectivity index (χ0n) is 16.7. The highest BCUT2D eigenvalue weighted by Gasteiger charge is 2.32. The Hall–Kier alpha value is -3.57. The van der Waals surface area contributed by atoms with Crippen molar-refractivity contribution in [3.8, 4) is 11.6 Å². The number of alkyl halides is 6. The topological polar surface area (TPSA) is 69.0 Å². The van der Waals surface area contributed by atoms with Crippen LogP contribution < -0.4 is 10.1 Å². The van der Waals surface area contributed by atoms with E-state index >= 15 is 0 Å².